The van der Waals surface area contributed by atoms with Crippen LogP contribution in [-0.4, -0.2) is 99.8 Å². The van der Waals surface area contributed by atoms with Crippen molar-refractivity contribution in [2.75, 3.05) is 44.4 Å². The number of carbonyl (C=O) groups is 2. The fourth-order valence-corrected chi connectivity index (χ4v) is 11.1. The van der Waals surface area contributed by atoms with Gasteiger partial charge in [0.15, 0.2) is 0 Å². The summed E-state index contributed by atoms with van der Waals surface area (Å²) in [5.41, 5.74) is 4.82. The zero-order chi connectivity index (χ0) is 36.6. The number of amides is 2. The normalized spacial score (nSPS) is 30.8. The molecule has 2 N–H and O–H groups in total. The highest BCUT2D eigenvalue weighted by Crippen LogP contribution is 2.62. The van der Waals surface area contributed by atoms with Gasteiger partial charge in [0.05, 0.1) is 6.61 Å². The number of hydroxylamine groups is 1. The number of morpholine rings is 1. The van der Waals surface area contributed by atoms with Gasteiger partial charge in [0, 0.05) is 60.4 Å². The van der Waals surface area contributed by atoms with Crippen LogP contribution in [0.25, 0.3) is 0 Å². The van der Waals surface area contributed by atoms with Gasteiger partial charge in [-0.3, -0.25) is 9.00 Å². The number of alkyl halides is 5. The van der Waals surface area contributed by atoms with Gasteiger partial charge in [-0.25, -0.2) is 10.3 Å². The Hall–Kier alpha value is -2.36. The van der Waals surface area contributed by atoms with Crippen LogP contribution < -0.4 is 10.2 Å². The van der Waals surface area contributed by atoms with E-state index in [9.17, 15) is 41.0 Å². The summed E-state index contributed by atoms with van der Waals surface area (Å²) in [7, 11) is -1.51. The summed E-state index contributed by atoms with van der Waals surface area (Å²) in [6, 6.07) is 5.96. The van der Waals surface area contributed by atoms with Crippen LogP contribution >= 0.6 is 0 Å². The van der Waals surface area contributed by atoms with Crippen molar-refractivity contribution >= 4 is 22.8 Å². The summed E-state index contributed by atoms with van der Waals surface area (Å²) in [5.74, 6) is -3.19. The number of nitrogens with zero attached hydrogens (tertiary/aromatic N) is 2. The van der Waals surface area contributed by atoms with Crippen LogP contribution in [0.1, 0.15) is 88.2 Å². The van der Waals surface area contributed by atoms with E-state index in [1.54, 1.807) is 4.90 Å². The summed E-state index contributed by atoms with van der Waals surface area (Å²) in [4.78, 5) is 29.0. The van der Waals surface area contributed by atoms with Crippen molar-refractivity contribution in [2.45, 2.75) is 108 Å². The van der Waals surface area contributed by atoms with Crippen LogP contribution in [0, 0.1) is 23.2 Å². The Kier molecular flexibility index (Phi) is 11.7. The van der Waals surface area contributed by atoms with E-state index in [-0.39, 0.29) is 53.4 Å². The number of fused-ring (bicyclic) bond motifs is 5. The van der Waals surface area contributed by atoms with Gasteiger partial charge in [0.2, 0.25) is 5.91 Å². The summed E-state index contributed by atoms with van der Waals surface area (Å²) in [5, 5.41) is 9.98. The molecule has 7 atom stereocenters. The molecule has 51 heavy (non-hydrogen) atoms. The Morgan fingerprint density at radius 2 is 1.82 bits per heavy atom. The highest BCUT2D eigenvalue weighted by atomic mass is 32.2. The molecule has 2 amide bonds. The number of benzene rings is 1. The molecule has 9 nitrogen and oxygen atoms in total. The minimum atomic E-state index is -5.61. The van der Waals surface area contributed by atoms with Gasteiger partial charge in [-0.2, -0.15) is 22.0 Å². The van der Waals surface area contributed by atoms with Crippen LogP contribution in [0.2, 0.25) is 0 Å². The van der Waals surface area contributed by atoms with E-state index in [2.05, 4.69) is 18.5 Å². The van der Waals surface area contributed by atoms with Crippen molar-refractivity contribution in [1.82, 2.24) is 15.3 Å². The third-order valence-electron chi connectivity index (χ3n) is 12.6. The molecule has 0 bridgehead atoms. The number of nitrogens with one attached hydrogen (secondary N) is 1. The topological polar surface area (TPSA) is 108 Å². The van der Waals surface area contributed by atoms with Gasteiger partial charge in [-0.05, 0) is 117 Å². The fraction of sp³-hybridized carbons (Fsp3) is 0.778. The first-order valence-corrected chi connectivity index (χ1v) is 19.9. The minimum Gasteiger partial charge on any atom is -0.410 e. The largest absolute Gasteiger partial charge is 0.453 e. The lowest BCUT2D eigenvalue weighted by Gasteiger charge is -2.53. The molecule has 4 fully saturated rings. The maximum absolute atomic E-state index is 13.3. The van der Waals surface area contributed by atoms with Crippen molar-refractivity contribution in [3.63, 3.8) is 0 Å². The van der Waals surface area contributed by atoms with Crippen LogP contribution in [0.5, 0.6) is 5.75 Å². The average molecular weight is 748 g/mol. The van der Waals surface area contributed by atoms with Crippen molar-refractivity contribution < 1.29 is 50.4 Å². The third kappa shape index (κ3) is 8.11. The monoisotopic (exact) mass is 747 g/mol. The quantitative estimate of drug-likeness (QED) is 0.198. The number of rotatable bonds is 11. The molecule has 6 rings (SSSR count). The van der Waals surface area contributed by atoms with Crippen LogP contribution in [0.15, 0.2) is 18.2 Å². The molecular weight excluding hydrogens is 697 g/mol. The zero-order valence-electron chi connectivity index (χ0n) is 29.1. The molecule has 3 aliphatic carbocycles. The number of ether oxygens (including phenoxy) is 2. The van der Waals surface area contributed by atoms with Crippen molar-refractivity contribution in [3.8, 4) is 5.75 Å². The Bertz CT molecular complexity index is 1440. The third-order valence-corrected chi connectivity index (χ3v) is 14.1. The van der Waals surface area contributed by atoms with E-state index in [0.717, 1.165) is 44.1 Å². The van der Waals surface area contributed by atoms with Gasteiger partial charge >= 0.3 is 18.2 Å². The molecule has 0 aromatic heterocycles. The maximum atomic E-state index is 13.3. The van der Waals surface area contributed by atoms with Crippen molar-refractivity contribution in [2.24, 2.45) is 23.2 Å². The number of halogens is 5. The number of likely N-dealkylation sites (tertiary alicyclic amines) is 1. The number of carbonyl (C=O) groups excluding carboxylic acids is 2. The van der Waals surface area contributed by atoms with E-state index in [0.29, 0.717) is 63.1 Å². The SMILES string of the molecule is C[C@]12CC[C@@H]3c4ccc(OC(=O)N5CCC(N6CCOCC6=O)CC5)cc4C[C@@H](CCCS(=O)CCCC(F)(F)C(F)(F)F)[C@H]3[C@@H]1CCC2NO. The predicted octanol–water partition coefficient (Wildman–Crippen LogP) is 6.44. The first-order chi connectivity index (χ1) is 24.2. The van der Waals surface area contributed by atoms with Gasteiger partial charge in [0.1, 0.15) is 12.4 Å². The molecule has 2 aliphatic heterocycles. The average Bonchev–Trinajstić information content (AvgIpc) is 3.44. The van der Waals surface area contributed by atoms with Crippen molar-refractivity contribution in [3.05, 3.63) is 29.3 Å². The Morgan fingerprint density at radius 3 is 2.53 bits per heavy atom. The molecule has 2 saturated carbocycles. The highest BCUT2D eigenvalue weighted by Gasteiger charge is 2.57. The molecule has 2 unspecified atom stereocenters. The second-order valence-corrected chi connectivity index (χ2v) is 17.1. The lowest BCUT2D eigenvalue weighted by molar-refractivity contribution is -0.284. The number of piperidine rings is 1. The van der Waals surface area contributed by atoms with Crippen LogP contribution in [0.3, 0.4) is 0 Å². The molecule has 0 spiro atoms. The minimum absolute atomic E-state index is 0.00552. The molecule has 2 saturated heterocycles. The van der Waals surface area contributed by atoms with E-state index in [4.69, 9.17) is 9.47 Å². The second-order valence-electron chi connectivity index (χ2n) is 15.4. The van der Waals surface area contributed by atoms with E-state index in [1.807, 2.05) is 17.0 Å². The van der Waals surface area contributed by atoms with E-state index >= 15 is 0 Å². The van der Waals surface area contributed by atoms with E-state index in [1.165, 1.54) is 5.56 Å². The summed E-state index contributed by atoms with van der Waals surface area (Å²) < 4.78 is 88.1. The molecule has 0 radical (unpaired) electrons. The van der Waals surface area contributed by atoms with Gasteiger partial charge < -0.3 is 24.5 Å². The molecule has 1 aromatic rings. The van der Waals surface area contributed by atoms with Crippen LogP contribution in [0.4, 0.5) is 26.7 Å². The van der Waals surface area contributed by atoms with Gasteiger partial charge in [-0.15, -0.1) is 0 Å². The first kappa shape index (κ1) is 38.4. The number of hydrogen-bond donors (Lipinski definition) is 2. The molecular formula is C36H50F5N3O6S. The smallest absolute Gasteiger partial charge is 0.410 e. The summed E-state index contributed by atoms with van der Waals surface area (Å²) in [6.45, 7) is 4.41. The van der Waals surface area contributed by atoms with Gasteiger partial charge in [0.25, 0.3) is 0 Å². The van der Waals surface area contributed by atoms with Crippen LogP contribution in [-0.2, 0) is 26.8 Å². The lowest BCUT2D eigenvalue weighted by atomic mass is 9.52. The maximum Gasteiger partial charge on any atom is 0.453 e. The Morgan fingerprint density at radius 1 is 1.08 bits per heavy atom. The van der Waals surface area contributed by atoms with Crippen molar-refractivity contribution in [1.29, 1.82) is 0 Å². The molecule has 5 aliphatic rings. The molecule has 1 aromatic carbocycles. The standard InChI is InChI=1S/C36H50F5N3O6S/c1-34-13-9-28-27-6-5-26(50-33(46)43-14-10-25(11-15-43)44-16-17-49-22-31(44)45)21-24(27)20-23(32(28)29(34)7-8-30(34)42-47)4-2-18-51(48)19-3-12-35(37,38)36(39,40)41/h5-6,21,23,25,28-30,32,42,47H,2-4,7-20,22H2,1H3/t23-,28-,29+,30?,32-,34+,51?/m1/s1. The number of hydrogen-bond acceptors (Lipinski definition) is 7. The Balaban J connectivity index is 1.10. The van der Waals surface area contributed by atoms with E-state index < -0.39 is 41.8 Å². The summed E-state index contributed by atoms with van der Waals surface area (Å²) in [6.07, 6.45) is -0.832. The second kappa shape index (κ2) is 15.5. The zero-order valence-corrected chi connectivity index (χ0v) is 29.9. The summed E-state index contributed by atoms with van der Waals surface area (Å²) >= 11 is 0. The predicted molar refractivity (Wildman–Crippen MR) is 179 cm³/mol. The first-order valence-electron chi connectivity index (χ1n) is 18.4. The fourth-order valence-electron chi connectivity index (χ4n) is 9.97. The molecule has 2 heterocycles. The lowest BCUT2D eigenvalue weighted by Crippen LogP contribution is -2.52. The Labute approximate surface area is 298 Å². The highest BCUT2D eigenvalue weighted by molar-refractivity contribution is 7.84. The molecule has 15 heteroatoms. The molecule has 286 valence electrons. The van der Waals surface area contributed by atoms with Gasteiger partial charge in [-0.1, -0.05) is 13.0 Å².